The Labute approximate surface area is 141 Å². The lowest BCUT2D eigenvalue weighted by molar-refractivity contribution is -0.137. The Balaban J connectivity index is 1.70. The Morgan fingerprint density at radius 2 is 2.04 bits per heavy atom. The number of imidazole rings is 1. The zero-order chi connectivity index (χ0) is 16.4. The summed E-state index contributed by atoms with van der Waals surface area (Å²) in [6, 6.07) is 7.31. The van der Waals surface area contributed by atoms with E-state index in [1.165, 1.54) is 0 Å². The predicted molar refractivity (Wildman–Crippen MR) is 87.5 cm³/mol. The molecule has 0 spiro atoms. The van der Waals surface area contributed by atoms with Gasteiger partial charge in [-0.3, -0.25) is 9.59 Å². The maximum Gasteiger partial charge on any atom is 0.305 e. The highest BCUT2D eigenvalue weighted by Crippen LogP contribution is 2.34. The molecule has 0 aliphatic heterocycles. The molecular formula is C16H16BrN3O3. The number of benzene rings is 1. The molecular weight excluding hydrogens is 362 g/mol. The van der Waals surface area contributed by atoms with Crippen LogP contribution in [-0.2, 0) is 4.79 Å². The molecule has 2 aromatic rings. The van der Waals surface area contributed by atoms with Crippen LogP contribution < -0.4 is 5.32 Å². The second kappa shape index (κ2) is 6.54. The van der Waals surface area contributed by atoms with Crippen LogP contribution >= 0.6 is 15.9 Å². The first-order valence-electron chi connectivity index (χ1n) is 7.35. The van der Waals surface area contributed by atoms with Crippen molar-refractivity contribution in [2.24, 2.45) is 5.92 Å². The summed E-state index contributed by atoms with van der Waals surface area (Å²) in [5.41, 5.74) is 1.17. The Kier molecular flexibility index (Phi) is 4.47. The standard InChI is InChI=1S/C16H16BrN3O3/c17-11-3-5-12(6-4-11)20-8-14(18-9-20)16(23)19-13(7-15(21)22)10-1-2-10/h3-6,8-10,13H,1-2,7H2,(H,19,23)(H,21,22)/t13-/m1/s1. The second-order valence-electron chi connectivity index (χ2n) is 5.66. The van der Waals surface area contributed by atoms with Crippen molar-refractivity contribution in [1.29, 1.82) is 0 Å². The Bertz CT molecular complexity index is 722. The van der Waals surface area contributed by atoms with Crippen LogP contribution in [0, 0.1) is 5.92 Å². The molecule has 3 rings (SSSR count). The lowest BCUT2D eigenvalue weighted by Gasteiger charge is -2.15. The summed E-state index contributed by atoms with van der Waals surface area (Å²) in [7, 11) is 0. The van der Waals surface area contributed by atoms with Gasteiger partial charge in [0.1, 0.15) is 12.0 Å². The number of nitrogens with one attached hydrogen (secondary N) is 1. The van der Waals surface area contributed by atoms with Crippen LogP contribution in [0.5, 0.6) is 0 Å². The third-order valence-electron chi connectivity index (χ3n) is 3.84. The van der Waals surface area contributed by atoms with Crippen LogP contribution in [0.2, 0.25) is 0 Å². The van der Waals surface area contributed by atoms with E-state index in [1.807, 2.05) is 24.3 Å². The lowest BCUT2D eigenvalue weighted by atomic mass is 10.1. The number of carboxylic acid groups (broad SMARTS) is 1. The first kappa shape index (κ1) is 15.7. The highest BCUT2D eigenvalue weighted by Gasteiger charge is 2.34. The molecule has 1 aromatic heterocycles. The van der Waals surface area contributed by atoms with Gasteiger partial charge in [-0.2, -0.15) is 0 Å². The van der Waals surface area contributed by atoms with E-state index in [-0.39, 0.29) is 30.0 Å². The molecule has 1 saturated carbocycles. The molecule has 1 atom stereocenters. The first-order chi connectivity index (χ1) is 11.0. The van der Waals surface area contributed by atoms with Crippen LogP contribution in [0.25, 0.3) is 5.69 Å². The normalized spacial score (nSPS) is 15.2. The van der Waals surface area contributed by atoms with Gasteiger partial charge in [0.2, 0.25) is 0 Å². The molecule has 120 valence electrons. The van der Waals surface area contributed by atoms with Gasteiger partial charge in [-0.25, -0.2) is 4.98 Å². The summed E-state index contributed by atoms with van der Waals surface area (Å²) >= 11 is 3.38. The van der Waals surface area contributed by atoms with E-state index in [9.17, 15) is 9.59 Å². The summed E-state index contributed by atoms with van der Waals surface area (Å²) in [6.07, 6.45) is 5.09. The van der Waals surface area contributed by atoms with Gasteiger partial charge in [-0.15, -0.1) is 0 Å². The van der Waals surface area contributed by atoms with Crippen LogP contribution in [0.3, 0.4) is 0 Å². The fourth-order valence-corrected chi connectivity index (χ4v) is 2.72. The SMILES string of the molecule is O=C(O)C[C@@H](NC(=O)c1cn(-c2ccc(Br)cc2)cn1)C1CC1. The molecule has 0 bridgehead atoms. The number of hydrogen-bond acceptors (Lipinski definition) is 3. The van der Waals surface area contributed by atoms with Gasteiger partial charge >= 0.3 is 5.97 Å². The molecule has 7 heteroatoms. The first-order valence-corrected chi connectivity index (χ1v) is 8.15. The number of halogens is 1. The van der Waals surface area contributed by atoms with E-state index < -0.39 is 5.97 Å². The molecule has 1 aliphatic carbocycles. The summed E-state index contributed by atoms with van der Waals surface area (Å²) in [5.74, 6) is -0.967. The van der Waals surface area contributed by atoms with E-state index in [0.717, 1.165) is 23.0 Å². The second-order valence-corrected chi connectivity index (χ2v) is 6.57. The quantitative estimate of drug-likeness (QED) is 0.810. The number of carbonyl (C=O) groups is 2. The molecule has 1 fully saturated rings. The van der Waals surface area contributed by atoms with Gasteiger partial charge in [-0.05, 0) is 43.0 Å². The third-order valence-corrected chi connectivity index (χ3v) is 4.37. The monoisotopic (exact) mass is 377 g/mol. The van der Waals surface area contributed by atoms with Crippen molar-refractivity contribution in [3.05, 3.63) is 47.0 Å². The summed E-state index contributed by atoms with van der Waals surface area (Å²) in [5, 5.41) is 11.7. The van der Waals surface area contributed by atoms with Gasteiger partial charge in [0.15, 0.2) is 0 Å². The van der Waals surface area contributed by atoms with Gasteiger partial charge in [-0.1, -0.05) is 15.9 Å². The van der Waals surface area contributed by atoms with Gasteiger partial charge in [0.05, 0.1) is 6.42 Å². The molecule has 1 aromatic carbocycles. The number of rotatable bonds is 6. The molecule has 0 unspecified atom stereocenters. The van der Waals surface area contributed by atoms with Crippen LogP contribution in [0.15, 0.2) is 41.3 Å². The van der Waals surface area contributed by atoms with E-state index in [1.54, 1.807) is 17.1 Å². The Morgan fingerprint density at radius 3 is 2.65 bits per heavy atom. The lowest BCUT2D eigenvalue weighted by Crippen LogP contribution is -2.38. The predicted octanol–water partition coefficient (Wildman–Crippen LogP) is 2.62. The molecule has 1 aliphatic rings. The molecule has 0 saturated heterocycles. The van der Waals surface area contributed by atoms with Crippen molar-refractivity contribution in [3.63, 3.8) is 0 Å². The fourth-order valence-electron chi connectivity index (χ4n) is 2.46. The number of aromatic nitrogens is 2. The van der Waals surface area contributed by atoms with Crippen molar-refractivity contribution in [3.8, 4) is 5.69 Å². The van der Waals surface area contributed by atoms with E-state index in [2.05, 4.69) is 26.2 Å². The van der Waals surface area contributed by atoms with Gasteiger partial charge in [0, 0.05) is 22.4 Å². The molecule has 23 heavy (non-hydrogen) atoms. The maximum absolute atomic E-state index is 12.3. The smallest absolute Gasteiger partial charge is 0.305 e. The van der Waals surface area contributed by atoms with Crippen molar-refractivity contribution in [2.45, 2.75) is 25.3 Å². The van der Waals surface area contributed by atoms with Crippen molar-refractivity contribution >= 4 is 27.8 Å². The highest BCUT2D eigenvalue weighted by atomic mass is 79.9. The minimum absolute atomic E-state index is 0.0518. The van der Waals surface area contributed by atoms with E-state index in [0.29, 0.717) is 0 Å². The molecule has 2 N–H and O–H groups in total. The van der Waals surface area contributed by atoms with Crippen molar-refractivity contribution in [2.75, 3.05) is 0 Å². The number of aliphatic carboxylic acids is 1. The van der Waals surface area contributed by atoms with Gasteiger partial charge < -0.3 is 15.0 Å². The number of hydrogen-bond donors (Lipinski definition) is 2. The summed E-state index contributed by atoms with van der Waals surface area (Å²) < 4.78 is 2.73. The van der Waals surface area contributed by atoms with Gasteiger partial charge in [0.25, 0.3) is 5.91 Å². The van der Waals surface area contributed by atoms with E-state index >= 15 is 0 Å². The summed E-state index contributed by atoms with van der Waals surface area (Å²) in [6.45, 7) is 0. The number of carboxylic acids is 1. The minimum atomic E-state index is -0.900. The van der Waals surface area contributed by atoms with Crippen molar-refractivity contribution < 1.29 is 14.7 Å². The Hall–Kier alpha value is -2.15. The average molecular weight is 378 g/mol. The van der Waals surface area contributed by atoms with Crippen LogP contribution in [0.4, 0.5) is 0 Å². The zero-order valence-corrected chi connectivity index (χ0v) is 13.9. The number of amides is 1. The van der Waals surface area contributed by atoms with Crippen LogP contribution in [-0.4, -0.2) is 32.6 Å². The Morgan fingerprint density at radius 1 is 1.35 bits per heavy atom. The third kappa shape index (κ3) is 3.98. The maximum atomic E-state index is 12.3. The molecule has 0 radical (unpaired) electrons. The highest BCUT2D eigenvalue weighted by molar-refractivity contribution is 9.10. The zero-order valence-electron chi connectivity index (χ0n) is 12.3. The molecule has 6 nitrogen and oxygen atoms in total. The summed E-state index contributed by atoms with van der Waals surface area (Å²) in [4.78, 5) is 27.3. The fraction of sp³-hybridized carbons (Fsp3) is 0.312. The largest absolute Gasteiger partial charge is 0.481 e. The molecule has 1 amide bonds. The van der Waals surface area contributed by atoms with E-state index in [4.69, 9.17) is 5.11 Å². The number of carbonyl (C=O) groups excluding carboxylic acids is 1. The van der Waals surface area contributed by atoms with Crippen molar-refractivity contribution in [1.82, 2.24) is 14.9 Å². The topological polar surface area (TPSA) is 84.2 Å². The number of nitrogens with zero attached hydrogens (tertiary/aromatic N) is 2. The molecule has 1 heterocycles. The van der Waals surface area contributed by atoms with Crippen LogP contribution in [0.1, 0.15) is 29.8 Å². The average Bonchev–Trinajstić information content (AvgIpc) is 3.24. The minimum Gasteiger partial charge on any atom is -0.481 e.